The van der Waals surface area contributed by atoms with Crippen LogP contribution in [0, 0.1) is 0 Å². The fourth-order valence-corrected chi connectivity index (χ4v) is 3.44. The highest BCUT2D eigenvalue weighted by molar-refractivity contribution is 6.05. The number of methoxy groups -OCH3 is 1. The molecule has 31 heavy (non-hydrogen) atoms. The maximum atomic E-state index is 12.7. The highest BCUT2D eigenvalue weighted by Gasteiger charge is 2.12. The number of imidazole rings is 1. The molecular weight excluding hydrogens is 390 g/mol. The van der Waals surface area contributed by atoms with E-state index in [2.05, 4.69) is 20.5 Å². The Hall–Kier alpha value is -4.39. The molecule has 152 valence electrons. The van der Waals surface area contributed by atoms with Crippen LogP contribution in [-0.2, 0) is 0 Å². The summed E-state index contributed by atoms with van der Waals surface area (Å²) in [6, 6.07) is 24.8. The van der Waals surface area contributed by atoms with Gasteiger partial charge in [-0.15, -0.1) is 0 Å². The van der Waals surface area contributed by atoms with E-state index in [1.54, 1.807) is 25.6 Å². The van der Waals surface area contributed by atoms with Crippen molar-refractivity contribution in [1.82, 2.24) is 19.7 Å². The maximum absolute atomic E-state index is 12.7. The van der Waals surface area contributed by atoms with Crippen molar-refractivity contribution in [2.24, 2.45) is 0 Å². The van der Waals surface area contributed by atoms with Gasteiger partial charge in [0.15, 0.2) is 5.82 Å². The van der Waals surface area contributed by atoms with Crippen LogP contribution in [0.25, 0.3) is 28.0 Å². The molecule has 0 fully saturated rings. The Kier molecular flexibility index (Phi) is 4.68. The van der Waals surface area contributed by atoms with E-state index in [0.29, 0.717) is 11.4 Å². The molecule has 7 nitrogen and oxygen atoms in total. The van der Waals surface area contributed by atoms with Crippen molar-refractivity contribution in [2.45, 2.75) is 0 Å². The normalized spacial score (nSPS) is 10.9. The van der Waals surface area contributed by atoms with Crippen molar-refractivity contribution in [3.8, 4) is 22.7 Å². The predicted molar refractivity (Wildman–Crippen MR) is 120 cm³/mol. The number of aromatic nitrogens is 4. The molecule has 5 rings (SSSR count). The predicted octanol–water partition coefficient (Wildman–Crippen LogP) is 4.68. The SMILES string of the molecule is COc1ccc(-n2cnc3cc(C(=O)Nc4cc(-c5ccccc5)[nH]n4)ccc32)cc1. The van der Waals surface area contributed by atoms with Gasteiger partial charge in [0.25, 0.3) is 5.91 Å². The number of carbonyl (C=O) groups excluding carboxylic acids is 1. The van der Waals surface area contributed by atoms with Crippen molar-refractivity contribution in [2.75, 3.05) is 12.4 Å². The highest BCUT2D eigenvalue weighted by atomic mass is 16.5. The summed E-state index contributed by atoms with van der Waals surface area (Å²) < 4.78 is 7.18. The lowest BCUT2D eigenvalue weighted by Gasteiger charge is -2.06. The summed E-state index contributed by atoms with van der Waals surface area (Å²) in [5, 5.41) is 9.97. The molecule has 0 atom stereocenters. The Morgan fingerprint density at radius 1 is 1.00 bits per heavy atom. The molecule has 0 aliphatic rings. The molecular formula is C24H19N5O2. The Balaban J connectivity index is 1.37. The largest absolute Gasteiger partial charge is 0.497 e. The molecule has 0 bridgehead atoms. The van der Waals surface area contributed by atoms with Gasteiger partial charge in [-0.2, -0.15) is 5.10 Å². The molecule has 0 aliphatic carbocycles. The van der Waals surface area contributed by atoms with Crippen molar-refractivity contribution in [3.05, 3.63) is 90.8 Å². The molecule has 0 saturated heterocycles. The standard InChI is InChI=1S/C24H19N5O2/c1-31-19-10-8-18(9-11-19)29-15-25-21-13-17(7-12-22(21)29)24(30)26-23-14-20(27-28-23)16-5-3-2-4-6-16/h2-15H,1H3,(H2,26,27,28,30). The maximum Gasteiger partial charge on any atom is 0.256 e. The van der Waals surface area contributed by atoms with Crippen LogP contribution >= 0.6 is 0 Å². The number of carbonyl (C=O) groups is 1. The molecule has 0 aliphatic heterocycles. The van der Waals surface area contributed by atoms with E-state index < -0.39 is 0 Å². The van der Waals surface area contributed by atoms with Gasteiger partial charge in [-0.25, -0.2) is 4.98 Å². The second kappa shape index (κ2) is 7.79. The quantitative estimate of drug-likeness (QED) is 0.442. The second-order valence-electron chi connectivity index (χ2n) is 7.00. The summed E-state index contributed by atoms with van der Waals surface area (Å²) in [4.78, 5) is 17.2. The van der Waals surface area contributed by atoms with Gasteiger partial charge in [0, 0.05) is 17.3 Å². The zero-order valence-corrected chi connectivity index (χ0v) is 16.7. The van der Waals surface area contributed by atoms with E-state index in [0.717, 1.165) is 33.7 Å². The third kappa shape index (κ3) is 3.64. The summed E-state index contributed by atoms with van der Waals surface area (Å²) >= 11 is 0. The van der Waals surface area contributed by atoms with Crippen molar-refractivity contribution in [1.29, 1.82) is 0 Å². The molecule has 1 amide bonds. The summed E-state index contributed by atoms with van der Waals surface area (Å²) in [5.74, 6) is 1.01. The van der Waals surface area contributed by atoms with Gasteiger partial charge >= 0.3 is 0 Å². The third-order valence-corrected chi connectivity index (χ3v) is 5.06. The summed E-state index contributed by atoms with van der Waals surface area (Å²) in [6.45, 7) is 0. The van der Waals surface area contributed by atoms with Gasteiger partial charge < -0.3 is 10.1 Å². The lowest BCUT2D eigenvalue weighted by Crippen LogP contribution is -2.12. The van der Waals surface area contributed by atoms with E-state index in [1.807, 2.05) is 71.3 Å². The zero-order chi connectivity index (χ0) is 21.2. The number of anilines is 1. The van der Waals surface area contributed by atoms with Crippen LogP contribution in [0.2, 0.25) is 0 Å². The zero-order valence-electron chi connectivity index (χ0n) is 16.7. The van der Waals surface area contributed by atoms with Gasteiger partial charge in [-0.1, -0.05) is 30.3 Å². The first-order chi connectivity index (χ1) is 15.2. The van der Waals surface area contributed by atoms with E-state index in [1.165, 1.54) is 0 Å². The summed E-state index contributed by atoms with van der Waals surface area (Å²) in [7, 11) is 1.64. The first-order valence-electron chi connectivity index (χ1n) is 9.75. The Bertz CT molecular complexity index is 1350. The van der Waals surface area contributed by atoms with Gasteiger partial charge in [0.1, 0.15) is 12.1 Å². The van der Waals surface area contributed by atoms with E-state index >= 15 is 0 Å². The number of benzene rings is 3. The number of hydrogen-bond acceptors (Lipinski definition) is 4. The highest BCUT2D eigenvalue weighted by Crippen LogP contribution is 2.23. The monoisotopic (exact) mass is 409 g/mol. The fraction of sp³-hybridized carbons (Fsp3) is 0.0417. The number of amides is 1. The van der Waals surface area contributed by atoms with Crippen molar-refractivity contribution < 1.29 is 9.53 Å². The molecule has 3 aromatic carbocycles. The lowest BCUT2D eigenvalue weighted by atomic mass is 10.1. The summed E-state index contributed by atoms with van der Waals surface area (Å²) in [6.07, 6.45) is 1.74. The van der Waals surface area contributed by atoms with Crippen LogP contribution in [0.5, 0.6) is 5.75 Å². The van der Waals surface area contributed by atoms with Crippen LogP contribution in [0.3, 0.4) is 0 Å². The van der Waals surface area contributed by atoms with Crippen LogP contribution < -0.4 is 10.1 Å². The third-order valence-electron chi connectivity index (χ3n) is 5.06. The molecule has 2 heterocycles. The molecule has 2 aromatic heterocycles. The minimum atomic E-state index is -0.244. The molecule has 0 spiro atoms. The smallest absolute Gasteiger partial charge is 0.256 e. The van der Waals surface area contributed by atoms with Gasteiger partial charge in [0.05, 0.1) is 23.8 Å². The summed E-state index contributed by atoms with van der Waals surface area (Å²) in [5.41, 5.74) is 4.95. The first kappa shape index (κ1) is 18.6. The van der Waals surface area contributed by atoms with Gasteiger partial charge in [0.2, 0.25) is 0 Å². The van der Waals surface area contributed by atoms with Crippen LogP contribution in [0.4, 0.5) is 5.82 Å². The number of rotatable bonds is 5. The molecule has 5 aromatic rings. The minimum Gasteiger partial charge on any atom is -0.497 e. The average Bonchev–Trinajstić information content (AvgIpc) is 3.46. The lowest BCUT2D eigenvalue weighted by molar-refractivity contribution is 0.102. The second-order valence-corrected chi connectivity index (χ2v) is 7.00. The number of ether oxygens (including phenoxy) is 1. The first-order valence-corrected chi connectivity index (χ1v) is 9.75. The Labute approximate surface area is 178 Å². The number of aromatic amines is 1. The van der Waals surface area contributed by atoms with Gasteiger partial charge in [-0.3, -0.25) is 14.5 Å². The number of hydrogen-bond donors (Lipinski definition) is 2. The molecule has 2 N–H and O–H groups in total. The number of fused-ring (bicyclic) bond motifs is 1. The molecule has 0 unspecified atom stereocenters. The van der Waals surface area contributed by atoms with Crippen LogP contribution in [-0.4, -0.2) is 32.8 Å². The van der Waals surface area contributed by atoms with Crippen LogP contribution in [0.1, 0.15) is 10.4 Å². The van der Waals surface area contributed by atoms with E-state index in [-0.39, 0.29) is 5.91 Å². The number of nitrogens with zero attached hydrogens (tertiary/aromatic N) is 3. The van der Waals surface area contributed by atoms with E-state index in [9.17, 15) is 4.79 Å². The number of nitrogens with one attached hydrogen (secondary N) is 2. The number of H-pyrrole nitrogens is 1. The van der Waals surface area contributed by atoms with Crippen LogP contribution in [0.15, 0.2) is 85.2 Å². The topological polar surface area (TPSA) is 84.8 Å². The Morgan fingerprint density at radius 2 is 1.81 bits per heavy atom. The van der Waals surface area contributed by atoms with E-state index in [4.69, 9.17) is 4.74 Å². The molecule has 7 heteroatoms. The minimum absolute atomic E-state index is 0.244. The Morgan fingerprint density at radius 3 is 2.58 bits per heavy atom. The molecule has 0 radical (unpaired) electrons. The fourth-order valence-electron chi connectivity index (χ4n) is 3.44. The average molecular weight is 409 g/mol. The van der Waals surface area contributed by atoms with Crippen molar-refractivity contribution >= 4 is 22.8 Å². The van der Waals surface area contributed by atoms with Crippen molar-refractivity contribution in [3.63, 3.8) is 0 Å². The molecule has 0 saturated carbocycles. The van der Waals surface area contributed by atoms with Gasteiger partial charge in [-0.05, 0) is 48.0 Å².